The highest BCUT2D eigenvalue weighted by molar-refractivity contribution is 5.76. The first kappa shape index (κ1) is 10.5. The fourth-order valence-electron chi connectivity index (χ4n) is 2.43. The Hall–Kier alpha value is -1.05. The van der Waals surface area contributed by atoms with Gasteiger partial charge in [-0.05, 0) is 18.9 Å². The van der Waals surface area contributed by atoms with E-state index in [9.17, 15) is 4.79 Å². The molecule has 1 aromatic heterocycles. The van der Waals surface area contributed by atoms with Gasteiger partial charge in [-0.1, -0.05) is 26.2 Å². The van der Waals surface area contributed by atoms with Crippen molar-refractivity contribution < 1.29 is 9.21 Å². The van der Waals surface area contributed by atoms with E-state index in [1.807, 2.05) is 13.0 Å². The molecule has 0 saturated heterocycles. The fourth-order valence-corrected chi connectivity index (χ4v) is 2.43. The van der Waals surface area contributed by atoms with E-state index < -0.39 is 0 Å². The van der Waals surface area contributed by atoms with Gasteiger partial charge in [-0.25, -0.2) is 0 Å². The Bertz CT molecular complexity index is 332. The Balaban J connectivity index is 2.19. The van der Waals surface area contributed by atoms with Gasteiger partial charge in [0.2, 0.25) is 0 Å². The molecule has 1 saturated carbocycles. The number of hydrogen-bond acceptors (Lipinski definition) is 2. The minimum Gasteiger partial charge on any atom is -0.465 e. The van der Waals surface area contributed by atoms with E-state index in [-0.39, 0.29) is 0 Å². The summed E-state index contributed by atoms with van der Waals surface area (Å²) >= 11 is 0. The Morgan fingerprint density at radius 1 is 1.40 bits per heavy atom. The number of aryl methyl sites for hydroxylation is 1. The number of furan rings is 1. The van der Waals surface area contributed by atoms with Crippen LogP contribution in [-0.2, 0) is 6.42 Å². The van der Waals surface area contributed by atoms with Gasteiger partial charge in [0.15, 0.2) is 6.29 Å². The van der Waals surface area contributed by atoms with Gasteiger partial charge in [0, 0.05) is 12.3 Å². The Morgan fingerprint density at radius 3 is 2.67 bits per heavy atom. The smallest absolute Gasteiger partial charge is 0.153 e. The molecule has 0 spiro atoms. The second-order valence-electron chi connectivity index (χ2n) is 4.33. The quantitative estimate of drug-likeness (QED) is 0.706. The fraction of sp³-hybridized carbons (Fsp3) is 0.615. The van der Waals surface area contributed by atoms with Crippen molar-refractivity contribution in [3.8, 4) is 0 Å². The van der Waals surface area contributed by atoms with Gasteiger partial charge in [-0.15, -0.1) is 0 Å². The van der Waals surface area contributed by atoms with Crippen molar-refractivity contribution in [2.75, 3.05) is 0 Å². The molecule has 1 aliphatic rings. The summed E-state index contributed by atoms with van der Waals surface area (Å²) in [6, 6.07) is 1.95. The maximum absolute atomic E-state index is 10.8. The Morgan fingerprint density at radius 2 is 2.13 bits per heavy atom. The molecule has 82 valence electrons. The van der Waals surface area contributed by atoms with Crippen molar-refractivity contribution in [3.63, 3.8) is 0 Å². The van der Waals surface area contributed by atoms with Gasteiger partial charge >= 0.3 is 0 Å². The van der Waals surface area contributed by atoms with Crippen molar-refractivity contribution in [1.82, 2.24) is 0 Å². The highest BCUT2D eigenvalue weighted by Gasteiger charge is 2.20. The number of hydrogen-bond donors (Lipinski definition) is 0. The van der Waals surface area contributed by atoms with E-state index in [4.69, 9.17) is 4.42 Å². The lowest BCUT2D eigenvalue weighted by atomic mass is 9.87. The molecule has 0 atom stereocenters. The summed E-state index contributed by atoms with van der Waals surface area (Å²) in [7, 11) is 0. The number of carbonyl (C=O) groups excluding carboxylic acids is 1. The summed E-state index contributed by atoms with van der Waals surface area (Å²) in [5.74, 6) is 2.44. The van der Waals surface area contributed by atoms with Crippen LogP contribution in [-0.4, -0.2) is 6.29 Å². The van der Waals surface area contributed by atoms with Crippen LogP contribution in [0.1, 0.15) is 66.8 Å². The van der Waals surface area contributed by atoms with Gasteiger partial charge in [0.25, 0.3) is 0 Å². The third-order valence-corrected chi connectivity index (χ3v) is 3.32. The Kier molecular flexibility index (Phi) is 3.24. The second-order valence-corrected chi connectivity index (χ2v) is 4.33. The number of aldehydes is 1. The highest BCUT2D eigenvalue weighted by atomic mass is 16.3. The molecule has 0 radical (unpaired) electrons. The van der Waals surface area contributed by atoms with E-state index >= 15 is 0 Å². The molecular weight excluding hydrogens is 188 g/mol. The SMILES string of the molecule is CCc1oc(C2CCCCC2)cc1C=O. The average Bonchev–Trinajstić information content (AvgIpc) is 2.73. The zero-order valence-electron chi connectivity index (χ0n) is 9.29. The monoisotopic (exact) mass is 206 g/mol. The number of carbonyl (C=O) groups is 1. The summed E-state index contributed by atoms with van der Waals surface area (Å²) in [5.41, 5.74) is 0.748. The molecule has 0 N–H and O–H groups in total. The van der Waals surface area contributed by atoms with Gasteiger partial charge in [-0.3, -0.25) is 4.79 Å². The van der Waals surface area contributed by atoms with Crippen LogP contribution in [0.2, 0.25) is 0 Å². The largest absolute Gasteiger partial charge is 0.465 e. The molecule has 0 amide bonds. The van der Waals surface area contributed by atoms with Gasteiger partial charge in [0.05, 0.1) is 5.56 Å². The van der Waals surface area contributed by atoms with E-state index in [1.54, 1.807) is 0 Å². The first-order chi connectivity index (χ1) is 7.35. The standard InChI is InChI=1S/C13H18O2/c1-2-12-11(9-14)8-13(15-12)10-6-4-3-5-7-10/h8-10H,2-7H2,1H3. The summed E-state index contributed by atoms with van der Waals surface area (Å²) in [4.78, 5) is 10.8. The third kappa shape index (κ3) is 2.14. The molecule has 2 rings (SSSR count). The minimum absolute atomic E-state index is 0.553. The van der Waals surface area contributed by atoms with Crippen molar-refractivity contribution in [2.24, 2.45) is 0 Å². The van der Waals surface area contributed by atoms with Crippen molar-refractivity contribution >= 4 is 6.29 Å². The molecule has 0 aromatic carbocycles. The van der Waals surface area contributed by atoms with Crippen LogP contribution < -0.4 is 0 Å². The maximum atomic E-state index is 10.8. The van der Waals surface area contributed by atoms with Crippen LogP contribution >= 0.6 is 0 Å². The second kappa shape index (κ2) is 4.65. The van der Waals surface area contributed by atoms with E-state index in [0.717, 1.165) is 29.8 Å². The number of rotatable bonds is 3. The average molecular weight is 206 g/mol. The molecule has 0 bridgehead atoms. The summed E-state index contributed by atoms with van der Waals surface area (Å²) in [6.45, 7) is 2.02. The van der Waals surface area contributed by atoms with Crippen LogP contribution in [0.15, 0.2) is 10.5 Å². The first-order valence-electron chi connectivity index (χ1n) is 5.93. The van der Waals surface area contributed by atoms with Gasteiger partial charge < -0.3 is 4.42 Å². The zero-order chi connectivity index (χ0) is 10.7. The topological polar surface area (TPSA) is 30.2 Å². The summed E-state index contributed by atoms with van der Waals surface area (Å²) in [5, 5.41) is 0. The van der Waals surface area contributed by atoms with Crippen LogP contribution in [0.5, 0.6) is 0 Å². The van der Waals surface area contributed by atoms with Crippen molar-refractivity contribution in [2.45, 2.75) is 51.4 Å². The summed E-state index contributed by atoms with van der Waals surface area (Å²) in [6.07, 6.45) is 8.09. The molecular formula is C13H18O2. The molecule has 1 aromatic rings. The molecule has 2 nitrogen and oxygen atoms in total. The molecule has 2 heteroatoms. The van der Waals surface area contributed by atoms with E-state index in [2.05, 4.69) is 0 Å². The molecule has 15 heavy (non-hydrogen) atoms. The lowest BCUT2D eigenvalue weighted by Gasteiger charge is -2.19. The zero-order valence-corrected chi connectivity index (χ0v) is 9.29. The minimum atomic E-state index is 0.553. The van der Waals surface area contributed by atoms with Gasteiger partial charge in [-0.2, -0.15) is 0 Å². The highest BCUT2D eigenvalue weighted by Crippen LogP contribution is 2.34. The summed E-state index contributed by atoms with van der Waals surface area (Å²) < 4.78 is 5.76. The lowest BCUT2D eigenvalue weighted by Crippen LogP contribution is -2.03. The molecule has 1 aliphatic carbocycles. The van der Waals surface area contributed by atoms with Crippen LogP contribution in [0.25, 0.3) is 0 Å². The maximum Gasteiger partial charge on any atom is 0.153 e. The first-order valence-corrected chi connectivity index (χ1v) is 5.93. The predicted molar refractivity (Wildman–Crippen MR) is 59.3 cm³/mol. The van der Waals surface area contributed by atoms with Crippen LogP contribution in [0.4, 0.5) is 0 Å². The lowest BCUT2D eigenvalue weighted by molar-refractivity contribution is 0.112. The molecule has 0 aliphatic heterocycles. The molecule has 1 heterocycles. The van der Waals surface area contributed by atoms with Crippen LogP contribution in [0.3, 0.4) is 0 Å². The normalized spacial score (nSPS) is 17.9. The van der Waals surface area contributed by atoms with E-state index in [0.29, 0.717) is 5.92 Å². The predicted octanol–water partition coefficient (Wildman–Crippen LogP) is 3.70. The third-order valence-electron chi connectivity index (χ3n) is 3.32. The molecule has 0 unspecified atom stereocenters. The van der Waals surface area contributed by atoms with E-state index in [1.165, 1.54) is 32.1 Å². The van der Waals surface area contributed by atoms with Gasteiger partial charge in [0.1, 0.15) is 11.5 Å². The van der Waals surface area contributed by atoms with Crippen molar-refractivity contribution in [3.05, 3.63) is 23.2 Å². The van der Waals surface area contributed by atoms with Crippen molar-refractivity contribution in [1.29, 1.82) is 0 Å². The molecule has 1 fully saturated rings. The Labute approximate surface area is 90.7 Å². The van der Waals surface area contributed by atoms with Crippen LogP contribution in [0, 0.1) is 0 Å².